The van der Waals surface area contributed by atoms with Gasteiger partial charge in [-0.25, -0.2) is 0 Å². The zero-order valence-corrected chi connectivity index (χ0v) is 16.1. The van der Waals surface area contributed by atoms with E-state index in [2.05, 4.69) is 10.2 Å². The van der Waals surface area contributed by atoms with Gasteiger partial charge < -0.3 is 15.0 Å². The number of amides is 1. The van der Waals surface area contributed by atoms with E-state index in [1.165, 1.54) is 6.07 Å². The number of hydrogen-bond donors (Lipinski definition) is 1. The van der Waals surface area contributed by atoms with Crippen LogP contribution in [0.2, 0.25) is 0 Å². The second-order valence-corrected chi connectivity index (χ2v) is 7.84. The molecule has 1 saturated heterocycles. The van der Waals surface area contributed by atoms with Crippen LogP contribution in [0.3, 0.4) is 0 Å². The van der Waals surface area contributed by atoms with Crippen molar-refractivity contribution in [3.05, 3.63) is 54.1 Å². The van der Waals surface area contributed by atoms with Gasteiger partial charge >= 0.3 is 6.18 Å². The highest BCUT2D eigenvalue weighted by Gasteiger charge is 2.30. The van der Waals surface area contributed by atoms with Crippen LogP contribution >= 0.6 is 11.8 Å². The molecule has 8 heteroatoms. The summed E-state index contributed by atoms with van der Waals surface area (Å²) < 4.78 is 43.8. The number of carbonyl (C=O) groups is 1. The molecule has 4 nitrogen and oxygen atoms in total. The molecular weight excluding hydrogens is 389 g/mol. The molecule has 2 aromatic rings. The van der Waals surface area contributed by atoms with Gasteiger partial charge in [-0.15, -0.1) is 11.8 Å². The summed E-state index contributed by atoms with van der Waals surface area (Å²) in [7, 11) is 0. The van der Waals surface area contributed by atoms with Crippen molar-refractivity contribution in [1.29, 1.82) is 0 Å². The number of morpholine rings is 1. The van der Waals surface area contributed by atoms with Gasteiger partial charge in [-0.2, -0.15) is 13.2 Å². The Morgan fingerprint density at radius 1 is 1.14 bits per heavy atom. The number of nitrogens with one attached hydrogen (secondary N) is 1. The summed E-state index contributed by atoms with van der Waals surface area (Å²) in [5.41, 5.74) is 0.995. The number of alkyl halides is 3. The number of rotatable bonds is 5. The maximum absolute atomic E-state index is 12.8. The lowest BCUT2D eigenvalue weighted by atomic mass is 10.2. The van der Waals surface area contributed by atoms with E-state index in [0.717, 1.165) is 42.7 Å². The summed E-state index contributed by atoms with van der Waals surface area (Å²) in [6.45, 7) is 4.72. The van der Waals surface area contributed by atoms with Crippen LogP contribution in [0.4, 0.5) is 24.5 Å². The van der Waals surface area contributed by atoms with Gasteiger partial charge in [0.25, 0.3) is 0 Å². The minimum Gasteiger partial charge on any atom is -0.378 e. The fourth-order valence-corrected chi connectivity index (χ4v) is 3.75. The van der Waals surface area contributed by atoms with E-state index >= 15 is 0 Å². The summed E-state index contributed by atoms with van der Waals surface area (Å²) >= 11 is 1.09. The second-order valence-electron chi connectivity index (χ2n) is 6.42. The predicted octanol–water partition coefficient (Wildman–Crippen LogP) is 4.66. The lowest BCUT2D eigenvalue weighted by molar-refractivity contribution is -0.137. The van der Waals surface area contributed by atoms with Crippen LogP contribution in [0.25, 0.3) is 0 Å². The van der Waals surface area contributed by atoms with Gasteiger partial charge in [-0.05, 0) is 49.4 Å². The summed E-state index contributed by atoms with van der Waals surface area (Å²) in [6, 6.07) is 12.5. The molecule has 150 valence electrons. The van der Waals surface area contributed by atoms with Gasteiger partial charge in [0.2, 0.25) is 5.91 Å². The maximum atomic E-state index is 12.8. The molecule has 1 fully saturated rings. The SMILES string of the molecule is C[C@@H](Sc1cccc(C(F)(F)F)c1)C(=O)Nc1ccc(N2CCOCC2)cc1. The molecule has 0 spiro atoms. The molecule has 2 aromatic carbocycles. The number of hydrogen-bond acceptors (Lipinski definition) is 4. The van der Waals surface area contributed by atoms with Crippen LogP contribution in [0.5, 0.6) is 0 Å². The van der Waals surface area contributed by atoms with E-state index in [0.29, 0.717) is 23.8 Å². The van der Waals surface area contributed by atoms with E-state index in [1.54, 1.807) is 13.0 Å². The Bertz CT molecular complexity index is 806. The number of ether oxygens (including phenoxy) is 1. The third-order valence-corrected chi connectivity index (χ3v) is 5.45. The molecule has 1 aliphatic rings. The number of nitrogens with zero attached hydrogens (tertiary/aromatic N) is 1. The third-order valence-electron chi connectivity index (χ3n) is 4.35. The van der Waals surface area contributed by atoms with Crippen LogP contribution in [-0.2, 0) is 15.7 Å². The topological polar surface area (TPSA) is 41.6 Å². The quantitative estimate of drug-likeness (QED) is 0.728. The smallest absolute Gasteiger partial charge is 0.378 e. The van der Waals surface area contributed by atoms with Gasteiger partial charge in [0, 0.05) is 29.4 Å². The fraction of sp³-hybridized carbons (Fsp3) is 0.350. The van der Waals surface area contributed by atoms with Crippen molar-refractivity contribution in [2.75, 3.05) is 36.5 Å². The number of carbonyl (C=O) groups excluding carboxylic acids is 1. The normalized spacial score (nSPS) is 15.9. The molecule has 3 rings (SSSR count). The first-order chi connectivity index (χ1) is 13.3. The lowest BCUT2D eigenvalue weighted by Crippen LogP contribution is -2.36. The van der Waals surface area contributed by atoms with Crippen LogP contribution in [-0.4, -0.2) is 37.5 Å². The van der Waals surface area contributed by atoms with Gasteiger partial charge in [0.05, 0.1) is 24.0 Å². The Labute approximate surface area is 166 Å². The highest BCUT2D eigenvalue weighted by molar-refractivity contribution is 8.00. The van der Waals surface area contributed by atoms with E-state index < -0.39 is 17.0 Å². The van der Waals surface area contributed by atoms with Crippen molar-refractivity contribution >= 4 is 29.0 Å². The van der Waals surface area contributed by atoms with E-state index in [9.17, 15) is 18.0 Å². The van der Waals surface area contributed by atoms with E-state index in [1.807, 2.05) is 24.3 Å². The van der Waals surface area contributed by atoms with Crippen molar-refractivity contribution in [2.24, 2.45) is 0 Å². The Morgan fingerprint density at radius 3 is 2.46 bits per heavy atom. The molecule has 28 heavy (non-hydrogen) atoms. The highest BCUT2D eigenvalue weighted by atomic mass is 32.2. The third kappa shape index (κ3) is 5.42. The van der Waals surface area contributed by atoms with Crippen molar-refractivity contribution in [1.82, 2.24) is 0 Å². The van der Waals surface area contributed by atoms with Crippen LogP contribution in [0.15, 0.2) is 53.4 Å². The number of anilines is 2. The molecule has 1 aliphatic heterocycles. The molecule has 0 unspecified atom stereocenters. The number of thioether (sulfide) groups is 1. The fourth-order valence-electron chi connectivity index (χ4n) is 2.82. The molecular formula is C20H21F3N2O2S. The Morgan fingerprint density at radius 2 is 1.82 bits per heavy atom. The van der Waals surface area contributed by atoms with Gasteiger partial charge in [-0.3, -0.25) is 4.79 Å². The van der Waals surface area contributed by atoms with Crippen molar-refractivity contribution < 1.29 is 22.7 Å². The van der Waals surface area contributed by atoms with Crippen molar-refractivity contribution in [3.63, 3.8) is 0 Å². The standard InChI is InChI=1S/C20H21F3N2O2S/c1-14(28-18-4-2-3-15(13-18)20(21,22)23)19(26)24-16-5-7-17(8-6-16)25-9-11-27-12-10-25/h2-8,13-14H,9-12H2,1H3,(H,24,26)/t14-/m1/s1. The zero-order valence-electron chi connectivity index (χ0n) is 15.3. The summed E-state index contributed by atoms with van der Waals surface area (Å²) in [6.07, 6.45) is -4.40. The summed E-state index contributed by atoms with van der Waals surface area (Å²) in [5.74, 6) is -0.262. The molecule has 0 bridgehead atoms. The monoisotopic (exact) mass is 410 g/mol. The number of halogens is 3. The van der Waals surface area contributed by atoms with Crippen molar-refractivity contribution in [3.8, 4) is 0 Å². The van der Waals surface area contributed by atoms with Crippen LogP contribution < -0.4 is 10.2 Å². The van der Waals surface area contributed by atoms with Crippen LogP contribution in [0, 0.1) is 0 Å². The van der Waals surface area contributed by atoms with E-state index in [-0.39, 0.29) is 5.91 Å². The molecule has 0 aromatic heterocycles. The Kier molecular flexibility index (Phi) is 6.51. The zero-order chi connectivity index (χ0) is 20.1. The first kappa shape index (κ1) is 20.5. The summed E-state index contributed by atoms with van der Waals surface area (Å²) in [4.78, 5) is 15.0. The van der Waals surface area contributed by atoms with E-state index in [4.69, 9.17) is 4.74 Å². The van der Waals surface area contributed by atoms with Gasteiger partial charge in [0.15, 0.2) is 0 Å². The minimum atomic E-state index is -4.40. The van der Waals surface area contributed by atoms with Crippen LogP contribution in [0.1, 0.15) is 12.5 Å². The predicted molar refractivity (Wildman–Crippen MR) is 105 cm³/mol. The molecule has 1 heterocycles. The Balaban J connectivity index is 1.58. The average molecular weight is 410 g/mol. The average Bonchev–Trinajstić information content (AvgIpc) is 2.69. The molecule has 1 atom stereocenters. The molecule has 1 amide bonds. The Hall–Kier alpha value is -2.19. The first-order valence-corrected chi connectivity index (χ1v) is 9.78. The molecule has 1 N–H and O–H groups in total. The molecule has 0 aliphatic carbocycles. The summed E-state index contributed by atoms with van der Waals surface area (Å²) in [5, 5.41) is 2.27. The van der Waals surface area contributed by atoms with Gasteiger partial charge in [0.1, 0.15) is 0 Å². The largest absolute Gasteiger partial charge is 0.416 e. The second kappa shape index (κ2) is 8.87. The lowest BCUT2D eigenvalue weighted by Gasteiger charge is -2.28. The molecule has 0 radical (unpaired) electrons. The first-order valence-electron chi connectivity index (χ1n) is 8.90. The molecule has 0 saturated carbocycles. The van der Waals surface area contributed by atoms with Gasteiger partial charge in [-0.1, -0.05) is 6.07 Å². The maximum Gasteiger partial charge on any atom is 0.416 e. The number of benzene rings is 2. The minimum absolute atomic E-state index is 0.262. The highest BCUT2D eigenvalue weighted by Crippen LogP contribution is 2.33. The van der Waals surface area contributed by atoms with Crippen molar-refractivity contribution in [2.45, 2.75) is 23.2 Å².